The maximum Gasteiger partial charge on any atom is 0.287 e. The van der Waals surface area contributed by atoms with E-state index in [0.717, 1.165) is 5.56 Å². The molecule has 0 radical (unpaired) electrons. The second-order valence-corrected chi connectivity index (χ2v) is 6.94. The van der Waals surface area contributed by atoms with Gasteiger partial charge in [-0.25, -0.2) is 4.98 Å². The average Bonchev–Trinajstić information content (AvgIpc) is 2.70. The van der Waals surface area contributed by atoms with Crippen molar-refractivity contribution in [2.75, 3.05) is 7.11 Å². The molecule has 1 amide bonds. The minimum Gasteiger partial charge on any atom is -0.481 e. The van der Waals surface area contributed by atoms with Crippen LogP contribution < -0.4 is 15.5 Å². The number of amides is 1. The van der Waals surface area contributed by atoms with Crippen LogP contribution in [0, 0.1) is 5.92 Å². The van der Waals surface area contributed by atoms with Gasteiger partial charge >= 0.3 is 0 Å². The molecule has 28 heavy (non-hydrogen) atoms. The number of nitrogens with zero attached hydrogens (tertiary/aromatic N) is 1. The fourth-order valence-electron chi connectivity index (χ4n) is 3.50. The summed E-state index contributed by atoms with van der Waals surface area (Å²) < 4.78 is 10.7. The predicted molar refractivity (Wildman–Crippen MR) is 102 cm³/mol. The highest BCUT2D eigenvalue weighted by Crippen LogP contribution is 2.38. The first-order valence-corrected chi connectivity index (χ1v) is 9.07. The molecule has 2 aromatic heterocycles. The van der Waals surface area contributed by atoms with Gasteiger partial charge in [0.15, 0.2) is 11.2 Å². The zero-order chi connectivity index (χ0) is 19.7. The van der Waals surface area contributed by atoms with Gasteiger partial charge < -0.3 is 19.6 Å². The number of methoxy groups -OCH3 is 1. The van der Waals surface area contributed by atoms with Crippen molar-refractivity contribution in [2.45, 2.75) is 25.0 Å². The van der Waals surface area contributed by atoms with Crippen molar-refractivity contribution in [1.29, 1.82) is 0 Å². The number of para-hydroxylation sites is 1. The van der Waals surface area contributed by atoms with E-state index in [-0.39, 0.29) is 29.3 Å². The Balaban J connectivity index is 1.62. The van der Waals surface area contributed by atoms with Crippen LogP contribution in [0.25, 0.3) is 11.0 Å². The van der Waals surface area contributed by atoms with Gasteiger partial charge in [-0.1, -0.05) is 18.2 Å². The lowest BCUT2D eigenvalue weighted by Gasteiger charge is -2.38. The smallest absolute Gasteiger partial charge is 0.287 e. The molecule has 1 aliphatic carbocycles. The molecular weight excluding hydrogens is 360 g/mol. The van der Waals surface area contributed by atoms with Crippen molar-refractivity contribution in [1.82, 2.24) is 10.3 Å². The van der Waals surface area contributed by atoms with E-state index in [0.29, 0.717) is 29.7 Å². The Morgan fingerprint density at radius 2 is 2.07 bits per heavy atom. The van der Waals surface area contributed by atoms with Gasteiger partial charge in [0.05, 0.1) is 24.6 Å². The maximum atomic E-state index is 12.8. The largest absolute Gasteiger partial charge is 0.481 e. The van der Waals surface area contributed by atoms with Crippen LogP contribution in [0.1, 0.15) is 35.0 Å². The van der Waals surface area contributed by atoms with E-state index in [4.69, 9.17) is 9.15 Å². The fourth-order valence-corrected chi connectivity index (χ4v) is 3.50. The summed E-state index contributed by atoms with van der Waals surface area (Å²) in [7, 11) is 1.53. The summed E-state index contributed by atoms with van der Waals surface area (Å²) in [6, 6.07) is 11.2. The van der Waals surface area contributed by atoms with Gasteiger partial charge in [0, 0.05) is 18.3 Å². The number of aromatic nitrogens is 1. The van der Waals surface area contributed by atoms with Gasteiger partial charge in [0.1, 0.15) is 5.58 Å². The van der Waals surface area contributed by atoms with Crippen molar-refractivity contribution in [2.24, 2.45) is 5.92 Å². The van der Waals surface area contributed by atoms with Crippen LogP contribution in [0.5, 0.6) is 5.88 Å². The summed E-state index contributed by atoms with van der Waals surface area (Å²) in [5.41, 5.74) is 0.893. The number of ether oxygens (including phenoxy) is 1. The molecule has 144 valence electrons. The lowest BCUT2D eigenvalue weighted by molar-refractivity contribution is 0.0232. The maximum absolute atomic E-state index is 12.8. The lowest BCUT2D eigenvalue weighted by Crippen LogP contribution is -2.41. The highest BCUT2D eigenvalue weighted by atomic mass is 16.5. The quantitative estimate of drug-likeness (QED) is 0.705. The highest BCUT2D eigenvalue weighted by molar-refractivity contribution is 5.93. The second kappa shape index (κ2) is 7.44. The molecule has 0 saturated heterocycles. The van der Waals surface area contributed by atoms with E-state index < -0.39 is 5.91 Å². The molecule has 1 aromatic carbocycles. The molecule has 4 rings (SSSR count). The number of hydrogen-bond acceptors (Lipinski definition) is 6. The van der Waals surface area contributed by atoms with Crippen LogP contribution in [0.2, 0.25) is 0 Å². The molecule has 3 aromatic rings. The second-order valence-electron chi connectivity index (χ2n) is 6.94. The molecule has 7 nitrogen and oxygen atoms in total. The molecule has 1 fully saturated rings. The van der Waals surface area contributed by atoms with E-state index in [9.17, 15) is 14.7 Å². The van der Waals surface area contributed by atoms with Crippen molar-refractivity contribution >= 4 is 16.9 Å². The number of nitrogens with one attached hydrogen (secondary N) is 1. The minimum absolute atomic E-state index is 0.0463. The number of benzene rings is 1. The van der Waals surface area contributed by atoms with Crippen molar-refractivity contribution < 1.29 is 19.1 Å². The average molecular weight is 380 g/mol. The van der Waals surface area contributed by atoms with Gasteiger partial charge in [0.25, 0.3) is 5.91 Å². The van der Waals surface area contributed by atoms with E-state index >= 15 is 0 Å². The number of aliphatic hydroxyl groups is 1. The SMILES string of the molecule is COc1ccc([C@H](NC(=O)c2cc(=O)c3ccccc3o2)C2CC(O)C2)cn1. The normalized spacial score (nSPS) is 19.6. The predicted octanol–water partition coefficient (Wildman–Crippen LogP) is 2.44. The summed E-state index contributed by atoms with van der Waals surface area (Å²) in [5.74, 6) is 0.0180. The number of carbonyl (C=O) groups excluding carboxylic acids is 1. The zero-order valence-corrected chi connectivity index (χ0v) is 15.3. The summed E-state index contributed by atoms with van der Waals surface area (Å²) in [4.78, 5) is 29.3. The van der Waals surface area contributed by atoms with Gasteiger partial charge in [-0.2, -0.15) is 0 Å². The molecule has 0 aliphatic heterocycles. The first-order valence-electron chi connectivity index (χ1n) is 9.07. The van der Waals surface area contributed by atoms with Gasteiger partial charge in [-0.05, 0) is 36.5 Å². The van der Waals surface area contributed by atoms with Crippen LogP contribution in [0.15, 0.2) is 57.9 Å². The van der Waals surface area contributed by atoms with Crippen molar-refractivity contribution in [3.63, 3.8) is 0 Å². The first-order chi connectivity index (χ1) is 13.5. The third-order valence-electron chi connectivity index (χ3n) is 5.09. The van der Waals surface area contributed by atoms with Gasteiger partial charge in [-0.15, -0.1) is 0 Å². The van der Waals surface area contributed by atoms with Crippen molar-refractivity contribution in [3.05, 3.63) is 70.2 Å². The molecule has 0 unspecified atom stereocenters. The number of pyridine rings is 1. The fraction of sp³-hybridized carbons (Fsp3) is 0.286. The van der Waals surface area contributed by atoms with Crippen LogP contribution in [0.4, 0.5) is 0 Å². The van der Waals surface area contributed by atoms with Gasteiger partial charge in [-0.3, -0.25) is 9.59 Å². The Morgan fingerprint density at radius 1 is 1.29 bits per heavy atom. The van der Waals surface area contributed by atoms with E-state index in [1.165, 1.54) is 13.2 Å². The molecule has 1 atom stereocenters. The van der Waals surface area contributed by atoms with Crippen LogP contribution in [-0.4, -0.2) is 29.2 Å². The molecule has 0 spiro atoms. The molecule has 2 heterocycles. The number of hydrogen-bond donors (Lipinski definition) is 2. The standard InChI is InChI=1S/C21H20N2O5/c1-27-19-7-6-12(11-22-19)20(13-8-14(24)9-13)23-21(26)18-10-16(25)15-4-2-3-5-17(15)28-18/h2-7,10-11,13-14,20,24H,8-9H2,1H3,(H,23,26)/t13?,14?,20-/m0/s1. The third kappa shape index (κ3) is 3.48. The van der Waals surface area contributed by atoms with E-state index in [1.54, 1.807) is 36.5 Å². The van der Waals surface area contributed by atoms with Gasteiger partial charge in [0.2, 0.25) is 5.88 Å². The number of carbonyl (C=O) groups is 1. The Morgan fingerprint density at radius 3 is 2.75 bits per heavy atom. The van der Waals surface area contributed by atoms with Crippen LogP contribution >= 0.6 is 0 Å². The molecule has 1 saturated carbocycles. The molecule has 0 bridgehead atoms. The zero-order valence-electron chi connectivity index (χ0n) is 15.3. The summed E-state index contributed by atoms with van der Waals surface area (Å²) in [6.45, 7) is 0. The Labute approximate surface area is 161 Å². The van der Waals surface area contributed by atoms with Crippen LogP contribution in [-0.2, 0) is 0 Å². The molecule has 2 N–H and O–H groups in total. The lowest BCUT2D eigenvalue weighted by atomic mass is 9.75. The highest BCUT2D eigenvalue weighted by Gasteiger charge is 2.36. The topological polar surface area (TPSA) is 102 Å². The summed E-state index contributed by atoms with van der Waals surface area (Å²) >= 11 is 0. The van der Waals surface area contributed by atoms with Crippen LogP contribution in [0.3, 0.4) is 0 Å². The molecule has 7 heteroatoms. The van der Waals surface area contributed by atoms with E-state index in [1.807, 2.05) is 6.07 Å². The third-order valence-corrected chi connectivity index (χ3v) is 5.09. The Hall–Kier alpha value is -3.19. The molecule has 1 aliphatic rings. The summed E-state index contributed by atoms with van der Waals surface area (Å²) in [6.07, 6.45) is 2.44. The number of aliphatic hydroxyl groups excluding tert-OH is 1. The van der Waals surface area contributed by atoms with Crippen molar-refractivity contribution in [3.8, 4) is 5.88 Å². The molecular formula is C21H20N2O5. The first kappa shape index (κ1) is 18.2. The Kier molecular flexibility index (Phi) is 4.83. The van der Waals surface area contributed by atoms with E-state index in [2.05, 4.69) is 10.3 Å². The number of rotatable bonds is 5. The number of fused-ring (bicyclic) bond motifs is 1. The summed E-state index contributed by atoms with van der Waals surface area (Å²) in [5, 5.41) is 13.1. The minimum atomic E-state index is -0.481. The Bertz CT molecular complexity index is 1050. The monoisotopic (exact) mass is 380 g/mol.